The minimum atomic E-state index is 0.734. The average Bonchev–Trinajstić information content (AvgIpc) is 2.44. The van der Waals surface area contributed by atoms with Crippen LogP contribution in [0, 0.1) is 11.8 Å². The standard InChI is InChI=1S/C17H36N2O/c1-5-9-18-17-7-10-19(14-16(17)6-2)11-13-20-12-8-15(3)4/h15-18H,5-14H2,1-4H3. The normalized spacial score (nSPS) is 24.4. The van der Waals surface area contributed by atoms with Gasteiger partial charge in [0.25, 0.3) is 0 Å². The van der Waals surface area contributed by atoms with Gasteiger partial charge in [-0.05, 0) is 44.2 Å². The van der Waals surface area contributed by atoms with Crippen molar-refractivity contribution in [2.75, 3.05) is 39.4 Å². The highest BCUT2D eigenvalue weighted by molar-refractivity contribution is 4.84. The van der Waals surface area contributed by atoms with Crippen LogP contribution in [-0.4, -0.2) is 50.3 Å². The predicted octanol–water partition coefficient (Wildman–Crippen LogP) is 3.15. The molecule has 0 radical (unpaired) electrons. The van der Waals surface area contributed by atoms with E-state index < -0.39 is 0 Å². The molecular formula is C17H36N2O. The third-order valence-corrected chi connectivity index (χ3v) is 4.39. The Morgan fingerprint density at radius 1 is 1.25 bits per heavy atom. The predicted molar refractivity (Wildman–Crippen MR) is 87.2 cm³/mol. The van der Waals surface area contributed by atoms with Crippen LogP contribution in [0.2, 0.25) is 0 Å². The van der Waals surface area contributed by atoms with Crippen molar-refractivity contribution in [3.05, 3.63) is 0 Å². The van der Waals surface area contributed by atoms with Crippen LogP contribution >= 0.6 is 0 Å². The summed E-state index contributed by atoms with van der Waals surface area (Å²) in [6.07, 6.45) is 5.00. The number of piperidine rings is 1. The van der Waals surface area contributed by atoms with Gasteiger partial charge in [0.2, 0.25) is 0 Å². The summed E-state index contributed by atoms with van der Waals surface area (Å²) < 4.78 is 5.75. The van der Waals surface area contributed by atoms with Crippen molar-refractivity contribution in [3.63, 3.8) is 0 Å². The molecule has 0 aromatic carbocycles. The molecule has 2 unspecified atom stereocenters. The van der Waals surface area contributed by atoms with Gasteiger partial charge >= 0.3 is 0 Å². The number of rotatable bonds is 10. The Balaban J connectivity index is 2.16. The van der Waals surface area contributed by atoms with Gasteiger partial charge in [-0.25, -0.2) is 0 Å². The van der Waals surface area contributed by atoms with Gasteiger partial charge in [0.05, 0.1) is 6.61 Å². The molecule has 1 rings (SSSR count). The van der Waals surface area contributed by atoms with E-state index in [2.05, 4.69) is 37.9 Å². The van der Waals surface area contributed by atoms with Crippen molar-refractivity contribution in [1.29, 1.82) is 0 Å². The quantitative estimate of drug-likeness (QED) is 0.624. The molecule has 1 aliphatic heterocycles. The van der Waals surface area contributed by atoms with Crippen LogP contribution in [0.25, 0.3) is 0 Å². The molecule has 1 saturated heterocycles. The van der Waals surface area contributed by atoms with Crippen molar-refractivity contribution < 1.29 is 4.74 Å². The molecule has 0 aromatic heterocycles. The van der Waals surface area contributed by atoms with Crippen molar-refractivity contribution in [2.24, 2.45) is 11.8 Å². The highest BCUT2D eigenvalue weighted by Crippen LogP contribution is 2.20. The summed E-state index contributed by atoms with van der Waals surface area (Å²) in [5, 5.41) is 3.72. The molecule has 0 spiro atoms. The summed E-state index contributed by atoms with van der Waals surface area (Å²) in [7, 11) is 0. The number of nitrogens with zero attached hydrogens (tertiary/aromatic N) is 1. The van der Waals surface area contributed by atoms with Gasteiger partial charge in [-0.3, -0.25) is 0 Å². The van der Waals surface area contributed by atoms with E-state index in [-0.39, 0.29) is 0 Å². The molecule has 0 aromatic rings. The lowest BCUT2D eigenvalue weighted by molar-refractivity contribution is 0.0695. The van der Waals surface area contributed by atoms with Crippen LogP contribution in [0.15, 0.2) is 0 Å². The first kappa shape index (κ1) is 17.9. The van der Waals surface area contributed by atoms with Crippen LogP contribution in [0.4, 0.5) is 0 Å². The summed E-state index contributed by atoms with van der Waals surface area (Å²) in [5.74, 6) is 1.56. The van der Waals surface area contributed by atoms with Gasteiger partial charge in [-0.1, -0.05) is 34.1 Å². The highest BCUT2D eigenvalue weighted by Gasteiger charge is 2.26. The molecule has 2 atom stereocenters. The smallest absolute Gasteiger partial charge is 0.0593 e. The largest absolute Gasteiger partial charge is 0.380 e. The Morgan fingerprint density at radius 3 is 2.70 bits per heavy atom. The monoisotopic (exact) mass is 284 g/mol. The number of ether oxygens (including phenoxy) is 1. The summed E-state index contributed by atoms with van der Waals surface area (Å²) in [6, 6.07) is 0.734. The molecule has 1 heterocycles. The van der Waals surface area contributed by atoms with E-state index >= 15 is 0 Å². The second kappa shape index (κ2) is 10.6. The third kappa shape index (κ3) is 7.05. The number of nitrogens with one attached hydrogen (secondary N) is 1. The van der Waals surface area contributed by atoms with Gasteiger partial charge in [0, 0.05) is 25.7 Å². The van der Waals surface area contributed by atoms with Crippen LogP contribution in [0.1, 0.15) is 53.4 Å². The second-order valence-electron chi connectivity index (χ2n) is 6.61. The lowest BCUT2D eigenvalue weighted by atomic mass is 9.90. The first-order valence-electron chi connectivity index (χ1n) is 8.70. The summed E-state index contributed by atoms with van der Waals surface area (Å²) in [6.45, 7) is 15.6. The maximum absolute atomic E-state index is 5.75. The number of hydrogen-bond donors (Lipinski definition) is 1. The van der Waals surface area contributed by atoms with Gasteiger partial charge in [-0.2, -0.15) is 0 Å². The van der Waals surface area contributed by atoms with Crippen LogP contribution in [-0.2, 0) is 4.74 Å². The molecule has 120 valence electrons. The van der Waals surface area contributed by atoms with Crippen LogP contribution in [0.5, 0.6) is 0 Å². The second-order valence-corrected chi connectivity index (χ2v) is 6.61. The fourth-order valence-electron chi connectivity index (χ4n) is 2.94. The zero-order valence-corrected chi connectivity index (χ0v) is 14.2. The first-order chi connectivity index (χ1) is 9.67. The van der Waals surface area contributed by atoms with Gasteiger partial charge in [0.1, 0.15) is 0 Å². The van der Waals surface area contributed by atoms with Crippen molar-refractivity contribution in [2.45, 2.75) is 59.4 Å². The highest BCUT2D eigenvalue weighted by atomic mass is 16.5. The fourth-order valence-corrected chi connectivity index (χ4v) is 2.94. The molecule has 3 heteroatoms. The zero-order chi connectivity index (χ0) is 14.8. The topological polar surface area (TPSA) is 24.5 Å². The zero-order valence-electron chi connectivity index (χ0n) is 14.2. The molecule has 0 bridgehead atoms. The molecule has 0 amide bonds. The molecular weight excluding hydrogens is 248 g/mol. The molecule has 3 nitrogen and oxygen atoms in total. The average molecular weight is 284 g/mol. The molecule has 1 fully saturated rings. The molecule has 20 heavy (non-hydrogen) atoms. The Bertz CT molecular complexity index is 233. The molecule has 0 saturated carbocycles. The Labute approximate surface area is 126 Å². The Kier molecular flexibility index (Phi) is 9.49. The van der Waals surface area contributed by atoms with Gasteiger partial charge in [-0.15, -0.1) is 0 Å². The van der Waals surface area contributed by atoms with E-state index in [4.69, 9.17) is 4.74 Å². The number of likely N-dealkylation sites (tertiary alicyclic amines) is 1. The Hall–Kier alpha value is -0.120. The number of hydrogen-bond acceptors (Lipinski definition) is 3. The van der Waals surface area contributed by atoms with Crippen molar-refractivity contribution in [3.8, 4) is 0 Å². The van der Waals surface area contributed by atoms with E-state index in [0.29, 0.717) is 0 Å². The summed E-state index contributed by atoms with van der Waals surface area (Å²) in [5.41, 5.74) is 0. The van der Waals surface area contributed by atoms with Crippen LogP contribution in [0.3, 0.4) is 0 Å². The fraction of sp³-hybridized carbons (Fsp3) is 1.00. The minimum Gasteiger partial charge on any atom is -0.380 e. The van der Waals surface area contributed by atoms with E-state index in [1.54, 1.807) is 0 Å². The lowest BCUT2D eigenvalue weighted by Crippen LogP contribution is -2.50. The van der Waals surface area contributed by atoms with Crippen molar-refractivity contribution in [1.82, 2.24) is 10.2 Å². The summed E-state index contributed by atoms with van der Waals surface area (Å²) >= 11 is 0. The Morgan fingerprint density at radius 2 is 2.05 bits per heavy atom. The lowest BCUT2D eigenvalue weighted by Gasteiger charge is -2.38. The molecule has 1 N–H and O–H groups in total. The van der Waals surface area contributed by atoms with E-state index in [1.165, 1.54) is 45.3 Å². The van der Waals surface area contributed by atoms with E-state index in [1.807, 2.05) is 0 Å². The van der Waals surface area contributed by atoms with Crippen molar-refractivity contribution >= 4 is 0 Å². The van der Waals surface area contributed by atoms with Gasteiger partial charge < -0.3 is 15.0 Å². The SMILES string of the molecule is CCCNC1CCN(CCOCCC(C)C)CC1CC. The first-order valence-corrected chi connectivity index (χ1v) is 8.70. The van der Waals surface area contributed by atoms with Gasteiger partial charge in [0.15, 0.2) is 0 Å². The minimum absolute atomic E-state index is 0.734. The van der Waals surface area contributed by atoms with Crippen LogP contribution < -0.4 is 5.32 Å². The maximum Gasteiger partial charge on any atom is 0.0593 e. The third-order valence-electron chi connectivity index (χ3n) is 4.39. The molecule has 0 aliphatic carbocycles. The summed E-state index contributed by atoms with van der Waals surface area (Å²) in [4.78, 5) is 2.59. The van der Waals surface area contributed by atoms with E-state index in [0.717, 1.165) is 37.6 Å². The maximum atomic E-state index is 5.75. The van der Waals surface area contributed by atoms with E-state index in [9.17, 15) is 0 Å². The molecule has 1 aliphatic rings.